The first-order chi connectivity index (χ1) is 3.63. The molecule has 0 aromatic rings. The number of alkyl halides is 1. The van der Waals surface area contributed by atoms with Crippen LogP contribution in [0.3, 0.4) is 0 Å². The van der Waals surface area contributed by atoms with Crippen molar-refractivity contribution in [3.63, 3.8) is 0 Å². The fraction of sp³-hybridized carbons (Fsp3) is 0.400. The standard InChI is InChI=1S/C5H7FO2/c1-4(6)2-3-5(7)8/h2-4H,1H3,(H,7,8)/b3-2-. The maximum Gasteiger partial charge on any atom is 0.328 e. The van der Waals surface area contributed by atoms with Gasteiger partial charge in [0, 0.05) is 6.08 Å². The zero-order valence-electron chi connectivity index (χ0n) is 4.47. The molecule has 0 heterocycles. The number of rotatable bonds is 2. The molecule has 0 aliphatic rings. The number of carboxylic acids is 1. The van der Waals surface area contributed by atoms with Gasteiger partial charge in [-0.15, -0.1) is 0 Å². The van der Waals surface area contributed by atoms with Crippen LogP contribution in [0.15, 0.2) is 12.2 Å². The molecule has 0 aromatic heterocycles. The van der Waals surface area contributed by atoms with Crippen LogP contribution < -0.4 is 0 Å². The summed E-state index contributed by atoms with van der Waals surface area (Å²) in [5.41, 5.74) is 0. The van der Waals surface area contributed by atoms with Gasteiger partial charge in [-0.3, -0.25) is 0 Å². The van der Waals surface area contributed by atoms with Crippen LogP contribution in [0.25, 0.3) is 0 Å². The van der Waals surface area contributed by atoms with Crippen molar-refractivity contribution in [1.82, 2.24) is 0 Å². The van der Waals surface area contributed by atoms with Gasteiger partial charge in [-0.1, -0.05) is 0 Å². The molecule has 3 heteroatoms. The topological polar surface area (TPSA) is 37.3 Å². The monoisotopic (exact) mass is 118 g/mol. The van der Waals surface area contributed by atoms with E-state index in [9.17, 15) is 9.18 Å². The van der Waals surface area contributed by atoms with Crippen molar-refractivity contribution in [1.29, 1.82) is 0 Å². The fourth-order valence-corrected chi connectivity index (χ4v) is 0.215. The number of carbonyl (C=O) groups is 1. The van der Waals surface area contributed by atoms with E-state index >= 15 is 0 Å². The van der Waals surface area contributed by atoms with Crippen LogP contribution in [0.1, 0.15) is 6.92 Å². The number of carboxylic acid groups (broad SMARTS) is 1. The average molecular weight is 118 g/mol. The zero-order valence-corrected chi connectivity index (χ0v) is 4.47. The maximum absolute atomic E-state index is 11.7. The molecule has 0 rings (SSSR count). The smallest absolute Gasteiger partial charge is 0.328 e. The summed E-state index contributed by atoms with van der Waals surface area (Å²) in [5.74, 6) is -1.12. The highest BCUT2D eigenvalue weighted by atomic mass is 19.1. The van der Waals surface area contributed by atoms with Crippen molar-refractivity contribution >= 4 is 5.97 Å². The van der Waals surface area contributed by atoms with Crippen molar-refractivity contribution in [2.45, 2.75) is 13.1 Å². The summed E-state index contributed by atoms with van der Waals surface area (Å²) < 4.78 is 11.7. The van der Waals surface area contributed by atoms with Gasteiger partial charge < -0.3 is 5.11 Å². The van der Waals surface area contributed by atoms with Crippen molar-refractivity contribution in [2.75, 3.05) is 0 Å². The molecule has 1 unspecified atom stereocenters. The Balaban J connectivity index is 3.50. The van der Waals surface area contributed by atoms with Crippen LogP contribution in [-0.2, 0) is 4.79 Å². The third kappa shape index (κ3) is 5.14. The predicted molar refractivity (Wildman–Crippen MR) is 27.3 cm³/mol. The predicted octanol–water partition coefficient (Wildman–Crippen LogP) is 0.985. The quantitative estimate of drug-likeness (QED) is 0.549. The van der Waals surface area contributed by atoms with Crippen LogP contribution in [0.5, 0.6) is 0 Å². The second-order valence-electron chi connectivity index (χ2n) is 1.37. The Morgan fingerprint density at radius 3 is 2.50 bits per heavy atom. The van der Waals surface area contributed by atoms with E-state index in [1.54, 1.807) is 0 Å². The number of halogens is 1. The summed E-state index contributed by atoms with van der Waals surface area (Å²) in [6, 6.07) is 0. The number of allylic oxidation sites excluding steroid dienone is 1. The second kappa shape index (κ2) is 3.18. The molecule has 0 radical (unpaired) electrons. The van der Waals surface area contributed by atoms with Crippen molar-refractivity contribution < 1.29 is 14.3 Å². The molecular weight excluding hydrogens is 111 g/mol. The minimum Gasteiger partial charge on any atom is -0.478 e. The van der Waals surface area contributed by atoms with Crippen molar-refractivity contribution in [3.8, 4) is 0 Å². The zero-order chi connectivity index (χ0) is 6.57. The molecule has 0 aliphatic heterocycles. The Morgan fingerprint density at radius 2 is 2.38 bits per heavy atom. The molecule has 0 bridgehead atoms. The third-order valence-electron chi connectivity index (χ3n) is 0.504. The van der Waals surface area contributed by atoms with Crippen LogP contribution in [0, 0.1) is 0 Å². The van der Waals surface area contributed by atoms with Gasteiger partial charge in [0.25, 0.3) is 0 Å². The number of aliphatic carboxylic acids is 1. The number of hydrogen-bond acceptors (Lipinski definition) is 1. The molecule has 0 saturated carbocycles. The fourth-order valence-electron chi connectivity index (χ4n) is 0.215. The van der Waals surface area contributed by atoms with E-state index in [0.29, 0.717) is 0 Å². The molecule has 1 atom stereocenters. The molecule has 0 aliphatic carbocycles. The number of hydrogen-bond donors (Lipinski definition) is 1. The third-order valence-corrected chi connectivity index (χ3v) is 0.504. The summed E-state index contributed by atoms with van der Waals surface area (Å²) in [4.78, 5) is 9.65. The Bertz CT molecular complexity index is 107. The summed E-state index contributed by atoms with van der Waals surface area (Å²) in [6.45, 7) is 1.26. The van der Waals surface area contributed by atoms with E-state index < -0.39 is 12.1 Å². The Hall–Kier alpha value is -0.860. The molecule has 0 amide bonds. The molecule has 46 valence electrons. The van der Waals surface area contributed by atoms with Gasteiger partial charge in [0.05, 0.1) is 0 Å². The Kier molecular flexibility index (Phi) is 2.84. The van der Waals surface area contributed by atoms with E-state index in [2.05, 4.69) is 0 Å². The van der Waals surface area contributed by atoms with E-state index in [4.69, 9.17) is 5.11 Å². The molecule has 0 saturated heterocycles. The molecule has 1 N–H and O–H groups in total. The normalized spacial score (nSPS) is 14.2. The first-order valence-corrected chi connectivity index (χ1v) is 2.18. The highest BCUT2D eigenvalue weighted by molar-refractivity contribution is 5.79. The molecule has 0 aromatic carbocycles. The van der Waals surface area contributed by atoms with E-state index in [-0.39, 0.29) is 0 Å². The lowest BCUT2D eigenvalue weighted by molar-refractivity contribution is -0.131. The van der Waals surface area contributed by atoms with Crippen molar-refractivity contribution in [2.24, 2.45) is 0 Å². The second-order valence-corrected chi connectivity index (χ2v) is 1.37. The van der Waals surface area contributed by atoms with Gasteiger partial charge in [-0.2, -0.15) is 0 Å². The van der Waals surface area contributed by atoms with Crippen LogP contribution >= 0.6 is 0 Å². The summed E-state index contributed by atoms with van der Waals surface area (Å²) >= 11 is 0. The maximum atomic E-state index is 11.7. The van der Waals surface area contributed by atoms with Crippen molar-refractivity contribution in [3.05, 3.63) is 12.2 Å². The molecule has 8 heavy (non-hydrogen) atoms. The van der Waals surface area contributed by atoms with Gasteiger partial charge in [0.2, 0.25) is 0 Å². The van der Waals surface area contributed by atoms with Gasteiger partial charge in [-0.05, 0) is 13.0 Å². The van der Waals surface area contributed by atoms with Crippen LogP contribution in [0.4, 0.5) is 4.39 Å². The first-order valence-electron chi connectivity index (χ1n) is 2.18. The molecule has 0 spiro atoms. The van der Waals surface area contributed by atoms with E-state index in [0.717, 1.165) is 12.2 Å². The van der Waals surface area contributed by atoms with Gasteiger partial charge in [-0.25, -0.2) is 9.18 Å². The summed E-state index contributed by atoms with van der Waals surface area (Å²) in [7, 11) is 0. The minimum absolute atomic E-state index is 0.782. The van der Waals surface area contributed by atoms with Gasteiger partial charge >= 0.3 is 5.97 Å². The molecule has 0 fully saturated rings. The lowest BCUT2D eigenvalue weighted by atomic mass is 10.4. The minimum atomic E-state index is -1.17. The van der Waals surface area contributed by atoms with Gasteiger partial charge in [0.15, 0.2) is 0 Å². The van der Waals surface area contributed by atoms with Crippen LogP contribution in [0.2, 0.25) is 0 Å². The van der Waals surface area contributed by atoms with E-state index in [1.807, 2.05) is 0 Å². The molecule has 2 nitrogen and oxygen atoms in total. The lowest BCUT2D eigenvalue weighted by Gasteiger charge is -1.84. The Morgan fingerprint density at radius 1 is 1.88 bits per heavy atom. The first kappa shape index (κ1) is 7.14. The summed E-state index contributed by atoms with van der Waals surface area (Å²) in [6.07, 6.45) is 0.582. The Labute approximate surface area is 46.6 Å². The summed E-state index contributed by atoms with van der Waals surface area (Å²) in [5, 5.41) is 7.91. The van der Waals surface area contributed by atoms with E-state index in [1.165, 1.54) is 6.92 Å². The molecular formula is C5H7FO2. The van der Waals surface area contributed by atoms with Gasteiger partial charge in [0.1, 0.15) is 6.17 Å². The lowest BCUT2D eigenvalue weighted by Crippen LogP contribution is -1.90. The van der Waals surface area contributed by atoms with Crippen LogP contribution in [-0.4, -0.2) is 17.2 Å². The highest BCUT2D eigenvalue weighted by Gasteiger charge is 1.89. The largest absolute Gasteiger partial charge is 0.478 e. The highest BCUT2D eigenvalue weighted by Crippen LogP contribution is 1.88. The average Bonchev–Trinajstić information content (AvgIpc) is 1.61. The SMILES string of the molecule is CC(F)/C=C\C(=O)O.